The van der Waals surface area contributed by atoms with Crippen molar-refractivity contribution in [2.45, 2.75) is 57.3 Å². The third-order valence-electron chi connectivity index (χ3n) is 7.08. The van der Waals surface area contributed by atoms with Crippen LogP contribution in [-0.4, -0.2) is 74.2 Å². The van der Waals surface area contributed by atoms with Crippen LogP contribution in [0.1, 0.15) is 45.1 Å². The van der Waals surface area contributed by atoms with Gasteiger partial charge in [0.2, 0.25) is 5.95 Å². The van der Waals surface area contributed by atoms with Gasteiger partial charge in [0.1, 0.15) is 17.5 Å². The first kappa shape index (κ1) is 23.6. The Morgan fingerprint density at radius 1 is 1.14 bits per heavy atom. The highest BCUT2D eigenvalue weighted by atomic mass is 19.1. The highest BCUT2D eigenvalue weighted by molar-refractivity contribution is 5.96. The van der Waals surface area contributed by atoms with Crippen LogP contribution in [0.3, 0.4) is 0 Å². The number of rotatable bonds is 6. The number of anilines is 4. The van der Waals surface area contributed by atoms with Gasteiger partial charge in [0.25, 0.3) is 0 Å². The van der Waals surface area contributed by atoms with Crippen LogP contribution in [0.25, 0.3) is 10.8 Å². The van der Waals surface area contributed by atoms with Crippen LogP contribution in [0, 0.1) is 0 Å². The molecule has 186 valence electrons. The highest BCUT2D eigenvalue weighted by Gasteiger charge is 2.39. The van der Waals surface area contributed by atoms with Gasteiger partial charge in [0, 0.05) is 37.1 Å². The maximum Gasteiger partial charge on any atom is 0.227 e. The van der Waals surface area contributed by atoms with Crippen molar-refractivity contribution in [3.05, 3.63) is 36.3 Å². The van der Waals surface area contributed by atoms with E-state index in [9.17, 15) is 14.6 Å². The van der Waals surface area contributed by atoms with E-state index in [0.29, 0.717) is 30.5 Å². The number of hydrogen-bond donors (Lipinski definition) is 3. The summed E-state index contributed by atoms with van der Waals surface area (Å²) in [4.78, 5) is 22.1. The summed E-state index contributed by atoms with van der Waals surface area (Å²) in [6.45, 7) is 7.16. The minimum atomic E-state index is -1.71. The van der Waals surface area contributed by atoms with Gasteiger partial charge >= 0.3 is 0 Å². The predicted molar refractivity (Wildman–Crippen MR) is 134 cm³/mol. The van der Waals surface area contributed by atoms with Gasteiger partial charge in [-0.2, -0.15) is 4.98 Å². The Kier molecular flexibility index (Phi) is 6.18. The highest BCUT2D eigenvalue weighted by Crippen LogP contribution is 2.36. The van der Waals surface area contributed by atoms with E-state index < -0.39 is 11.8 Å². The molecule has 10 heteroatoms. The monoisotopic (exact) mass is 481 g/mol. The number of aliphatic hydroxyl groups excluding tert-OH is 2. The van der Waals surface area contributed by atoms with Gasteiger partial charge in [-0.1, -0.05) is 13.8 Å². The first-order chi connectivity index (χ1) is 16.8. The molecule has 0 bridgehead atoms. The maximum absolute atomic E-state index is 14.7. The largest absolute Gasteiger partial charge is 0.394 e. The topological polar surface area (TPSA) is 111 Å². The van der Waals surface area contributed by atoms with Crippen LogP contribution in [0.4, 0.5) is 27.8 Å². The SMILES string of the molecule is CC(C)c1cnc(N2CC[C@H]2CO)c2cnc(Nc3ccnc(N4CC[C@@H](O)[C@@](C)(F)C4)n3)cc12. The molecule has 0 unspecified atom stereocenters. The molecule has 3 N–H and O–H groups in total. The van der Waals surface area contributed by atoms with Crippen molar-refractivity contribution < 1.29 is 14.6 Å². The first-order valence-electron chi connectivity index (χ1n) is 12.1. The molecular formula is C25H32FN7O2. The van der Waals surface area contributed by atoms with Gasteiger partial charge in [-0.25, -0.2) is 19.3 Å². The van der Waals surface area contributed by atoms with Crippen LogP contribution in [0.5, 0.6) is 0 Å². The summed E-state index contributed by atoms with van der Waals surface area (Å²) >= 11 is 0. The predicted octanol–water partition coefficient (Wildman–Crippen LogP) is 3.16. The van der Waals surface area contributed by atoms with Crippen LogP contribution in [-0.2, 0) is 0 Å². The number of alkyl halides is 1. The molecule has 0 radical (unpaired) electrons. The zero-order valence-corrected chi connectivity index (χ0v) is 20.3. The number of nitrogens with one attached hydrogen (secondary N) is 1. The second-order valence-corrected chi connectivity index (χ2v) is 10.00. The molecule has 0 amide bonds. The van der Waals surface area contributed by atoms with Gasteiger partial charge < -0.3 is 25.3 Å². The van der Waals surface area contributed by atoms with E-state index in [0.717, 1.165) is 35.1 Å². The fraction of sp³-hybridized carbons (Fsp3) is 0.520. The molecule has 2 saturated heterocycles. The van der Waals surface area contributed by atoms with Crippen molar-refractivity contribution in [3.8, 4) is 0 Å². The first-order valence-corrected chi connectivity index (χ1v) is 12.1. The number of aromatic nitrogens is 4. The molecule has 0 aromatic carbocycles. The number of nitrogens with zero attached hydrogens (tertiary/aromatic N) is 6. The van der Waals surface area contributed by atoms with Crippen molar-refractivity contribution in [1.29, 1.82) is 0 Å². The van der Waals surface area contributed by atoms with Crippen molar-refractivity contribution >= 4 is 34.2 Å². The quantitative estimate of drug-likeness (QED) is 0.489. The van der Waals surface area contributed by atoms with Crippen molar-refractivity contribution in [1.82, 2.24) is 19.9 Å². The summed E-state index contributed by atoms with van der Waals surface area (Å²) in [5, 5.41) is 24.8. The Morgan fingerprint density at radius 3 is 2.66 bits per heavy atom. The number of halogens is 1. The van der Waals surface area contributed by atoms with E-state index in [1.165, 1.54) is 6.92 Å². The third kappa shape index (κ3) is 4.48. The standard InChI is InChI=1S/C25H32FN7O2/c1-15(2)18-11-29-23(33-9-5-16(33)13-34)19-12-28-22(10-17(18)19)30-21-4-7-27-24(31-21)32-8-6-20(35)25(3,26)14-32/h4,7,10-12,15-16,20,34-35H,5-6,8-9,13-14H2,1-3H3,(H,27,28,30,31)/t16-,20+,25-/m0/s1. The number of pyridine rings is 2. The van der Waals surface area contributed by atoms with E-state index >= 15 is 0 Å². The molecule has 2 fully saturated rings. The smallest absolute Gasteiger partial charge is 0.227 e. The molecular weight excluding hydrogens is 449 g/mol. The van der Waals surface area contributed by atoms with Crippen molar-refractivity contribution in [3.63, 3.8) is 0 Å². The zero-order chi connectivity index (χ0) is 24.7. The fourth-order valence-corrected chi connectivity index (χ4v) is 4.82. The maximum atomic E-state index is 14.7. The Bertz CT molecular complexity index is 1220. The second-order valence-electron chi connectivity index (χ2n) is 10.00. The van der Waals surface area contributed by atoms with Crippen LogP contribution < -0.4 is 15.1 Å². The Morgan fingerprint density at radius 2 is 1.97 bits per heavy atom. The molecule has 9 nitrogen and oxygen atoms in total. The average molecular weight is 482 g/mol. The average Bonchev–Trinajstić information content (AvgIpc) is 2.80. The molecule has 3 aromatic heterocycles. The fourth-order valence-electron chi connectivity index (χ4n) is 4.82. The molecule has 2 aliphatic heterocycles. The van der Waals surface area contributed by atoms with E-state index in [1.807, 2.05) is 18.5 Å². The minimum Gasteiger partial charge on any atom is -0.394 e. The molecule has 5 rings (SSSR count). The molecule has 35 heavy (non-hydrogen) atoms. The number of aliphatic hydroxyl groups is 2. The number of piperidine rings is 1. The van der Waals surface area contributed by atoms with Crippen LogP contribution in [0.15, 0.2) is 30.7 Å². The lowest BCUT2D eigenvalue weighted by atomic mass is 9.94. The molecule has 0 aliphatic carbocycles. The minimum absolute atomic E-state index is 0.0324. The summed E-state index contributed by atoms with van der Waals surface area (Å²) in [7, 11) is 0. The van der Waals surface area contributed by atoms with E-state index in [2.05, 4.69) is 39.0 Å². The van der Waals surface area contributed by atoms with Crippen molar-refractivity contribution in [2.24, 2.45) is 0 Å². The Balaban J connectivity index is 1.44. The van der Waals surface area contributed by atoms with E-state index in [4.69, 9.17) is 4.98 Å². The lowest BCUT2D eigenvalue weighted by Gasteiger charge is -2.41. The summed E-state index contributed by atoms with van der Waals surface area (Å²) in [6.07, 6.45) is 5.66. The molecule has 0 spiro atoms. The van der Waals surface area contributed by atoms with Gasteiger partial charge in [-0.3, -0.25) is 0 Å². The summed E-state index contributed by atoms with van der Waals surface area (Å²) in [5.41, 5.74) is -0.595. The molecule has 5 heterocycles. The van der Waals surface area contributed by atoms with E-state index in [-0.39, 0.29) is 25.1 Å². The number of fused-ring (bicyclic) bond motifs is 1. The Labute approximate surface area is 204 Å². The van der Waals surface area contributed by atoms with Gasteiger partial charge in [0.15, 0.2) is 5.67 Å². The van der Waals surface area contributed by atoms with Crippen LogP contribution >= 0.6 is 0 Å². The van der Waals surface area contributed by atoms with Gasteiger partial charge in [-0.05, 0) is 48.8 Å². The number of hydrogen-bond acceptors (Lipinski definition) is 9. The zero-order valence-electron chi connectivity index (χ0n) is 20.3. The van der Waals surface area contributed by atoms with Crippen LogP contribution in [0.2, 0.25) is 0 Å². The normalized spacial score (nSPS) is 24.7. The third-order valence-corrected chi connectivity index (χ3v) is 7.08. The summed E-state index contributed by atoms with van der Waals surface area (Å²) in [5.74, 6) is 2.72. The van der Waals surface area contributed by atoms with Crippen molar-refractivity contribution in [2.75, 3.05) is 41.4 Å². The Hall–Kier alpha value is -3.11. The molecule has 3 atom stereocenters. The summed E-state index contributed by atoms with van der Waals surface area (Å²) < 4.78 is 14.7. The lowest BCUT2D eigenvalue weighted by molar-refractivity contribution is -0.00860. The van der Waals surface area contributed by atoms with Gasteiger partial charge in [0.05, 0.1) is 25.3 Å². The van der Waals surface area contributed by atoms with Gasteiger partial charge in [-0.15, -0.1) is 0 Å². The second kappa shape index (κ2) is 9.16. The molecule has 0 saturated carbocycles. The molecule has 2 aliphatic rings. The molecule has 3 aromatic rings. The van der Waals surface area contributed by atoms with E-state index in [1.54, 1.807) is 17.2 Å². The lowest BCUT2D eigenvalue weighted by Crippen LogP contribution is -2.52. The summed E-state index contributed by atoms with van der Waals surface area (Å²) in [6, 6.07) is 3.84.